The molecule has 0 aromatic heterocycles. The summed E-state index contributed by atoms with van der Waals surface area (Å²) in [4.78, 5) is 61.9. The number of hydrogen-bond donors (Lipinski definition) is 2. The molecule has 1 unspecified atom stereocenters. The second-order valence-corrected chi connectivity index (χ2v) is 7.22. The smallest absolute Gasteiger partial charge is 0.262 e. The molecule has 1 aromatic carbocycles. The summed E-state index contributed by atoms with van der Waals surface area (Å²) < 4.78 is 5.07. The Hall–Kier alpha value is -3.07. The second-order valence-electron chi connectivity index (χ2n) is 7.22. The number of anilines is 1. The van der Waals surface area contributed by atoms with E-state index in [4.69, 9.17) is 4.74 Å². The molecule has 3 aliphatic heterocycles. The number of fused-ring (bicyclic) bond motifs is 1. The quantitative estimate of drug-likeness (QED) is 0.725. The van der Waals surface area contributed by atoms with Gasteiger partial charge >= 0.3 is 0 Å². The van der Waals surface area contributed by atoms with Gasteiger partial charge < -0.3 is 10.1 Å². The van der Waals surface area contributed by atoms with Gasteiger partial charge in [0, 0.05) is 12.1 Å². The number of piperidine rings is 1. The summed E-state index contributed by atoms with van der Waals surface area (Å²) in [5, 5.41) is 4.88. The fourth-order valence-corrected chi connectivity index (χ4v) is 3.37. The van der Waals surface area contributed by atoms with E-state index in [0.29, 0.717) is 18.9 Å². The zero-order valence-electron chi connectivity index (χ0n) is 14.5. The molecule has 2 saturated heterocycles. The molecular weight excluding hydrogens is 354 g/mol. The zero-order chi connectivity index (χ0) is 19.3. The van der Waals surface area contributed by atoms with Crippen LogP contribution in [0.4, 0.5) is 5.69 Å². The SMILES string of the molecule is CC1(C(=O)Nc2ccc3c(c2)C(=O)N(C2CCC(=O)NC2=O)C3=O)COC1. The van der Waals surface area contributed by atoms with Crippen LogP contribution in [0.1, 0.15) is 40.5 Å². The third-order valence-corrected chi connectivity index (χ3v) is 5.09. The maximum absolute atomic E-state index is 12.7. The number of nitrogens with one attached hydrogen (secondary N) is 2. The summed E-state index contributed by atoms with van der Waals surface area (Å²) in [5.74, 6) is -2.51. The molecule has 140 valence electrons. The monoisotopic (exact) mass is 371 g/mol. The zero-order valence-corrected chi connectivity index (χ0v) is 14.5. The first-order valence-electron chi connectivity index (χ1n) is 8.55. The van der Waals surface area contributed by atoms with Crippen molar-refractivity contribution in [2.75, 3.05) is 18.5 Å². The normalized spacial score (nSPS) is 23.6. The molecule has 1 aromatic rings. The lowest BCUT2D eigenvalue weighted by molar-refractivity contribution is -0.152. The molecule has 2 N–H and O–H groups in total. The van der Waals surface area contributed by atoms with Gasteiger partial charge in [-0.1, -0.05) is 0 Å². The minimum atomic E-state index is -1.01. The van der Waals surface area contributed by atoms with Gasteiger partial charge in [0.05, 0.1) is 29.8 Å². The van der Waals surface area contributed by atoms with Crippen LogP contribution in [0.3, 0.4) is 0 Å². The van der Waals surface area contributed by atoms with Gasteiger partial charge in [-0.2, -0.15) is 0 Å². The Labute approximate surface area is 154 Å². The molecule has 9 nitrogen and oxygen atoms in total. The fourth-order valence-electron chi connectivity index (χ4n) is 3.37. The van der Waals surface area contributed by atoms with Gasteiger partial charge in [0.15, 0.2) is 0 Å². The van der Waals surface area contributed by atoms with Gasteiger partial charge in [-0.05, 0) is 31.5 Å². The van der Waals surface area contributed by atoms with Crippen molar-refractivity contribution in [2.45, 2.75) is 25.8 Å². The van der Waals surface area contributed by atoms with Crippen LogP contribution in [0.2, 0.25) is 0 Å². The highest BCUT2D eigenvalue weighted by atomic mass is 16.5. The summed E-state index contributed by atoms with van der Waals surface area (Å²) in [7, 11) is 0. The topological polar surface area (TPSA) is 122 Å². The third kappa shape index (κ3) is 2.71. The fraction of sp³-hybridized carbons (Fsp3) is 0.389. The maximum atomic E-state index is 12.7. The molecule has 3 heterocycles. The predicted molar refractivity (Wildman–Crippen MR) is 90.7 cm³/mol. The van der Waals surface area contributed by atoms with Crippen molar-refractivity contribution in [2.24, 2.45) is 5.41 Å². The Kier molecular flexibility index (Phi) is 3.84. The maximum Gasteiger partial charge on any atom is 0.262 e. The predicted octanol–water partition coefficient (Wildman–Crippen LogP) is 0.0628. The van der Waals surface area contributed by atoms with Gasteiger partial charge in [-0.15, -0.1) is 0 Å². The highest BCUT2D eigenvalue weighted by molar-refractivity contribution is 6.24. The molecule has 5 amide bonds. The minimum absolute atomic E-state index is 0.0613. The standard InChI is InChI=1S/C18H17N3O6/c1-18(7-27-8-18)17(26)19-9-2-3-10-11(6-9)16(25)21(15(10)24)12-4-5-13(22)20-14(12)23/h2-3,6,12H,4-5,7-8H2,1H3,(H,19,26)(H,20,22,23). The number of imide groups is 2. The van der Waals surface area contributed by atoms with E-state index in [-0.39, 0.29) is 29.9 Å². The first-order chi connectivity index (χ1) is 12.8. The number of benzene rings is 1. The lowest BCUT2D eigenvalue weighted by Gasteiger charge is -2.36. The van der Waals surface area contributed by atoms with E-state index in [1.807, 2.05) is 0 Å². The lowest BCUT2D eigenvalue weighted by Crippen LogP contribution is -2.54. The van der Waals surface area contributed by atoms with Crippen molar-refractivity contribution in [1.29, 1.82) is 0 Å². The molecule has 4 rings (SSSR count). The average molecular weight is 371 g/mol. The van der Waals surface area contributed by atoms with E-state index < -0.39 is 35.1 Å². The molecule has 9 heteroatoms. The molecule has 27 heavy (non-hydrogen) atoms. The molecule has 1 atom stereocenters. The van der Waals surface area contributed by atoms with Crippen molar-refractivity contribution < 1.29 is 28.7 Å². The van der Waals surface area contributed by atoms with Crippen LogP contribution in [-0.2, 0) is 19.1 Å². The van der Waals surface area contributed by atoms with Crippen molar-refractivity contribution in [1.82, 2.24) is 10.2 Å². The highest BCUT2D eigenvalue weighted by Gasteiger charge is 2.45. The number of carbonyl (C=O) groups excluding carboxylic acids is 5. The Morgan fingerprint density at radius 3 is 2.52 bits per heavy atom. The Morgan fingerprint density at radius 1 is 1.19 bits per heavy atom. The first kappa shape index (κ1) is 17.3. The van der Waals surface area contributed by atoms with Gasteiger partial charge in [-0.3, -0.25) is 34.2 Å². The second kappa shape index (κ2) is 5.98. The summed E-state index contributed by atoms with van der Waals surface area (Å²) in [6.07, 6.45) is 0.157. The number of carbonyl (C=O) groups is 5. The van der Waals surface area contributed by atoms with Crippen molar-refractivity contribution >= 4 is 35.2 Å². The molecule has 0 bridgehead atoms. The van der Waals surface area contributed by atoms with Crippen molar-refractivity contribution in [3.63, 3.8) is 0 Å². The summed E-state index contributed by atoms with van der Waals surface area (Å²) in [6, 6.07) is 3.41. The van der Waals surface area contributed by atoms with Crippen LogP contribution in [0.5, 0.6) is 0 Å². The molecule has 0 spiro atoms. The van der Waals surface area contributed by atoms with E-state index in [1.165, 1.54) is 12.1 Å². The number of nitrogens with zero attached hydrogens (tertiary/aromatic N) is 1. The Morgan fingerprint density at radius 2 is 1.89 bits per heavy atom. The number of rotatable bonds is 3. The summed E-state index contributed by atoms with van der Waals surface area (Å²) in [5.41, 5.74) is 0.0639. The van der Waals surface area contributed by atoms with E-state index in [2.05, 4.69) is 10.6 Å². The van der Waals surface area contributed by atoms with Crippen molar-refractivity contribution in [3.05, 3.63) is 29.3 Å². The third-order valence-electron chi connectivity index (χ3n) is 5.09. The van der Waals surface area contributed by atoms with E-state index in [1.54, 1.807) is 13.0 Å². The molecule has 2 fully saturated rings. The van der Waals surface area contributed by atoms with Crippen molar-refractivity contribution in [3.8, 4) is 0 Å². The van der Waals surface area contributed by atoms with Crippen LogP contribution >= 0.6 is 0 Å². The number of amides is 5. The molecule has 3 aliphatic rings. The van der Waals surface area contributed by atoms with Gasteiger partial charge in [0.1, 0.15) is 6.04 Å². The summed E-state index contributed by atoms with van der Waals surface area (Å²) in [6.45, 7) is 2.42. The van der Waals surface area contributed by atoms with Crippen LogP contribution < -0.4 is 10.6 Å². The number of hydrogen-bond acceptors (Lipinski definition) is 6. The highest BCUT2D eigenvalue weighted by Crippen LogP contribution is 2.31. The van der Waals surface area contributed by atoms with Crippen LogP contribution in [0, 0.1) is 5.41 Å². The first-order valence-corrected chi connectivity index (χ1v) is 8.55. The average Bonchev–Trinajstić information content (AvgIpc) is 2.84. The molecule has 0 aliphatic carbocycles. The van der Waals surface area contributed by atoms with E-state index >= 15 is 0 Å². The lowest BCUT2D eigenvalue weighted by atomic mass is 9.87. The van der Waals surface area contributed by atoms with E-state index in [0.717, 1.165) is 4.90 Å². The molecule has 0 saturated carbocycles. The summed E-state index contributed by atoms with van der Waals surface area (Å²) >= 11 is 0. The van der Waals surface area contributed by atoms with Crippen LogP contribution in [0.15, 0.2) is 18.2 Å². The molecule has 0 radical (unpaired) electrons. The van der Waals surface area contributed by atoms with E-state index in [9.17, 15) is 24.0 Å². The van der Waals surface area contributed by atoms with Crippen LogP contribution in [-0.4, -0.2) is 53.7 Å². The van der Waals surface area contributed by atoms with Crippen LogP contribution in [0.25, 0.3) is 0 Å². The minimum Gasteiger partial charge on any atom is -0.379 e. The Balaban J connectivity index is 1.57. The molecular formula is C18H17N3O6. The van der Waals surface area contributed by atoms with Gasteiger partial charge in [0.2, 0.25) is 17.7 Å². The van der Waals surface area contributed by atoms with Gasteiger partial charge in [0.25, 0.3) is 11.8 Å². The Bertz CT molecular complexity index is 904. The number of ether oxygens (including phenoxy) is 1. The van der Waals surface area contributed by atoms with Gasteiger partial charge in [-0.25, -0.2) is 0 Å². The largest absolute Gasteiger partial charge is 0.379 e.